The normalized spacial score (nSPS) is 15.4. The first kappa shape index (κ1) is 14.2. The summed E-state index contributed by atoms with van der Waals surface area (Å²) in [5, 5.41) is 4.16. The number of oxime groups is 1. The van der Waals surface area contributed by atoms with E-state index in [1.54, 1.807) is 24.3 Å². The Kier molecular flexibility index (Phi) is 5.69. The van der Waals surface area contributed by atoms with Gasteiger partial charge in [0, 0.05) is 0 Å². The second-order valence-corrected chi connectivity index (χ2v) is 5.82. The quantitative estimate of drug-likeness (QED) is 0.453. The van der Waals surface area contributed by atoms with Crippen LogP contribution < -0.4 is 5.30 Å². The number of nitrogens with zero attached hydrogens (tertiary/aromatic N) is 1. The number of benzene rings is 1. The number of halogens is 1. The van der Waals surface area contributed by atoms with Crippen LogP contribution in [0, 0.1) is 0 Å². The molecule has 0 N–H and O–H groups in total. The van der Waals surface area contributed by atoms with Crippen LogP contribution >= 0.6 is 19.2 Å². The largest absolute Gasteiger partial charge is 0.430 e. The zero-order valence-electron chi connectivity index (χ0n) is 9.80. The van der Waals surface area contributed by atoms with Gasteiger partial charge in [-0.05, 0) is 25.5 Å². The summed E-state index contributed by atoms with van der Waals surface area (Å²) in [6.45, 7) is 3.80. The minimum atomic E-state index is -3.41. The summed E-state index contributed by atoms with van der Waals surface area (Å²) in [5.41, 5.74) is 0. The highest BCUT2D eigenvalue weighted by molar-refractivity contribution is 7.62. The smallest absolute Gasteiger partial charge is 0.309 e. The molecule has 17 heavy (non-hydrogen) atoms. The Balaban J connectivity index is 2.94. The Bertz CT molecular complexity index is 418. The minimum Gasteiger partial charge on any atom is -0.309 e. The van der Waals surface area contributed by atoms with Crippen LogP contribution in [0.15, 0.2) is 35.5 Å². The third-order valence-electron chi connectivity index (χ3n) is 1.81. The highest BCUT2D eigenvalue weighted by atomic mass is 35.5. The van der Waals surface area contributed by atoms with Crippen molar-refractivity contribution in [3.8, 4) is 0 Å². The first-order valence-electron chi connectivity index (χ1n) is 5.27. The molecule has 0 saturated heterocycles. The van der Waals surface area contributed by atoms with Gasteiger partial charge >= 0.3 is 7.60 Å². The topological polar surface area (TPSA) is 47.9 Å². The van der Waals surface area contributed by atoms with Crippen molar-refractivity contribution in [3.05, 3.63) is 30.3 Å². The van der Waals surface area contributed by atoms with Crippen LogP contribution in [0.2, 0.25) is 0 Å². The lowest BCUT2D eigenvalue weighted by Crippen LogP contribution is -2.09. The second-order valence-electron chi connectivity index (χ2n) is 3.34. The van der Waals surface area contributed by atoms with E-state index in [4.69, 9.17) is 20.7 Å². The van der Waals surface area contributed by atoms with Crippen molar-refractivity contribution in [3.63, 3.8) is 0 Å². The molecule has 0 amide bonds. The Morgan fingerprint density at radius 1 is 1.41 bits per heavy atom. The van der Waals surface area contributed by atoms with Crippen LogP contribution in [0.5, 0.6) is 0 Å². The van der Waals surface area contributed by atoms with Crippen molar-refractivity contribution < 1.29 is 13.7 Å². The van der Waals surface area contributed by atoms with Crippen molar-refractivity contribution in [2.24, 2.45) is 5.16 Å². The summed E-state index contributed by atoms with van der Waals surface area (Å²) in [5.74, 6) is 0. The van der Waals surface area contributed by atoms with E-state index < -0.39 is 7.60 Å². The number of hydrogen-bond donors (Lipinski definition) is 0. The lowest BCUT2D eigenvalue weighted by molar-refractivity contribution is 0.220. The van der Waals surface area contributed by atoms with Gasteiger partial charge in [0.05, 0.1) is 11.9 Å². The molecule has 1 aromatic carbocycles. The van der Waals surface area contributed by atoms with Gasteiger partial charge in [0.2, 0.25) is 0 Å². The molecule has 0 bridgehead atoms. The monoisotopic (exact) mass is 275 g/mol. The van der Waals surface area contributed by atoms with Crippen molar-refractivity contribution in [1.82, 2.24) is 0 Å². The highest BCUT2D eigenvalue weighted by Crippen LogP contribution is 2.47. The Morgan fingerprint density at radius 2 is 2.06 bits per heavy atom. The van der Waals surface area contributed by atoms with Crippen LogP contribution in [0.1, 0.15) is 20.3 Å². The maximum absolute atomic E-state index is 12.5. The predicted octanol–water partition coefficient (Wildman–Crippen LogP) is 3.52. The number of rotatable bonds is 6. The van der Waals surface area contributed by atoms with Crippen LogP contribution in [0.3, 0.4) is 0 Å². The molecule has 1 unspecified atom stereocenters. The van der Waals surface area contributed by atoms with Gasteiger partial charge in [0.15, 0.2) is 0 Å². The zero-order chi connectivity index (χ0) is 12.7. The van der Waals surface area contributed by atoms with E-state index in [0.717, 1.165) is 6.42 Å². The molecule has 1 rings (SSSR count). The fraction of sp³-hybridized carbons (Fsp3) is 0.364. The summed E-state index contributed by atoms with van der Waals surface area (Å²) in [6.07, 6.45) is 0.740. The molecule has 0 aliphatic carbocycles. The van der Waals surface area contributed by atoms with Gasteiger partial charge < -0.3 is 4.62 Å². The second kappa shape index (κ2) is 6.80. The molecule has 0 fully saturated rings. The van der Waals surface area contributed by atoms with Gasteiger partial charge in [-0.25, -0.2) is 4.57 Å². The Hall–Kier alpha value is -0.830. The fourth-order valence-corrected chi connectivity index (χ4v) is 2.64. The minimum absolute atomic E-state index is 0.168. The summed E-state index contributed by atoms with van der Waals surface area (Å²) < 4.78 is 22.7. The molecule has 0 heterocycles. The molecule has 0 aromatic heterocycles. The summed E-state index contributed by atoms with van der Waals surface area (Å²) in [7, 11) is -3.41. The third kappa shape index (κ3) is 4.50. The van der Waals surface area contributed by atoms with Crippen LogP contribution in [0.25, 0.3) is 0 Å². The zero-order valence-corrected chi connectivity index (χ0v) is 11.4. The van der Waals surface area contributed by atoms with Gasteiger partial charge in [-0.3, -0.25) is 4.52 Å². The Labute approximate surface area is 106 Å². The van der Waals surface area contributed by atoms with Crippen LogP contribution in [0.4, 0.5) is 0 Å². The van der Waals surface area contributed by atoms with Crippen molar-refractivity contribution in [2.45, 2.75) is 20.3 Å². The summed E-state index contributed by atoms with van der Waals surface area (Å²) in [6, 6.07) is 8.70. The van der Waals surface area contributed by atoms with Gasteiger partial charge in [-0.2, -0.15) is 0 Å². The van der Waals surface area contributed by atoms with Gasteiger partial charge in [-0.1, -0.05) is 41.9 Å². The van der Waals surface area contributed by atoms with Gasteiger partial charge in [0.25, 0.3) is 0 Å². The van der Waals surface area contributed by atoms with E-state index in [0.29, 0.717) is 11.9 Å². The van der Waals surface area contributed by atoms with Crippen LogP contribution in [-0.4, -0.2) is 11.8 Å². The molecule has 94 valence electrons. The third-order valence-corrected chi connectivity index (χ3v) is 3.63. The average Bonchev–Trinajstić information content (AvgIpc) is 2.35. The van der Waals surface area contributed by atoms with Crippen molar-refractivity contribution in [1.29, 1.82) is 0 Å². The maximum atomic E-state index is 12.5. The summed E-state index contributed by atoms with van der Waals surface area (Å²) in [4.78, 5) is 0. The van der Waals surface area contributed by atoms with Crippen molar-refractivity contribution >= 4 is 29.7 Å². The van der Waals surface area contributed by atoms with Gasteiger partial charge in [-0.15, -0.1) is 0 Å². The van der Waals surface area contributed by atoms with E-state index in [-0.39, 0.29) is 5.17 Å². The Morgan fingerprint density at radius 3 is 2.59 bits per heavy atom. The molecule has 0 saturated carbocycles. The van der Waals surface area contributed by atoms with E-state index >= 15 is 0 Å². The van der Waals surface area contributed by atoms with E-state index in [1.807, 2.05) is 13.0 Å². The van der Waals surface area contributed by atoms with E-state index in [1.165, 1.54) is 6.92 Å². The molecule has 0 spiro atoms. The lowest BCUT2D eigenvalue weighted by atomic mass is 10.4. The van der Waals surface area contributed by atoms with E-state index in [2.05, 4.69) is 5.16 Å². The van der Waals surface area contributed by atoms with Crippen molar-refractivity contribution in [2.75, 3.05) is 6.61 Å². The molecule has 0 aliphatic heterocycles. The molecular formula is C11H15ClNO3P. The fourth-order valence-electron chi connectivity index (χ4n) is 1.08. The standard InChI is InChI=1S/C11H15ClNO3P/c1-3-9-15-17(14,16-13-10(2)12)11-7-5-4-6-8-11/h4-8H,3,9H2,1-2H3/b13-10-. The molecule has 6 heteroatoms. The molecule has 4 nitrogen and oxygen atoms in total. The van der Waals surface area contributed by atoms with Gasteiger partial charge in [0.1, 0.15) is 5.17 Å². The predicted molar refractivity (Wildman–Crippen MR) is 70.0 cm³/mol. The maximum Gasteiger partial charge on any atom is 0.430 e. The first-order valence-corrected chi connectivity index (χ1v) is 7.19. The average molecular weight is 276 g/mol. The molecule has 1 aromatic rings. The number of hydrogen-bond acceptors (Lipinski definition) is 4. The van der Waals surface area contributed by atoms with Crippen LogP contribution in [-0.2, 0) is 13.7 Å². The molecular weight excluding hydrogens is 261 g/mol. The van der Waals surface area contributed by atoms with E-state index in [9.17, 15) is 4.57 Å². The first-order chi connectivity index (χ1) is 8.08. The SMILES string of the molecule is CCCOP(=O)(O/N=C(/C)Cl)c1ccccc1. The molecule has 0 radical (unpaired) electrons. The summed E-state index contributed by atoms with van der Waals surface area (Å²) >= 11 is 5.55. The molecule has 1 atom stereocenters. The lowest BCUT2D eigenvalue weighted by Gasteiger charge is -2.15. The molecule has 0 aliphatic rings. The highest BCUT2D eigenvalue weighted by Gasteiger charge is 2.28.